The molecule has 0 bridgehead atoms. The number of anilines is 2. The standard InChI is InChI=1S/C24H23FN4O/c1-2-16-3-8-22-21(13-16)23(18(14-26)15-27-22)29-11-9-17(10-12-29)24(30)28-20-6-4-19(25)5-7-20/h3-8,13,15,17H,2,9-12H2,1H3,(H,28,30). The number of rotatable bonds is 4. The van der Waals surface area contributed by atoms with Crippen LogP contribution in [0.5, 0.6) is 0 Å². The highest BCUT2D eigenvalue weighted by atomic mass is 19.1. The Bertz CT molecular complexity index is 1110. The second kappa shape index (κ2) is 8.50. The maximum Gasteiger partial charge on any atom is 0.227 e. The van der Waals surface area contributed by atoms with E-state index in [1.165, 1.54) is 17.7 Å². The van der Waals surface area contributed by atoms with Gasteiger partial charge in [0.05, 0.1) is 16.8 Å². The van der Waals surface area contributed by atoms with Crippen LogP contribution >= 0.6 is 0 Å². The number of carbonyl (C=O) groups is 1. The molecule has 2 aromatic carbocycles. The lowest BCUT2D eigenvalue weighted by Gasteiger charge is -2.34. The second-order valence-electron chi connectivity index (χ2n) is 7.59. The first-order valence-corrected chi connectivity index (χ1v) is 10.2. The molecule has 1 aliphatic rings. The van der Waals surface area contributed by atoms with E-state index in [1.54, 1.807) is 18.3 Å². The van der Waals surface area contributed by atoms with Crippen molar-refractivity contribution in [3.05, 3.63) is 65.6 Å². The van der Waals surface area contributed by atoms with Crippen molar-refractivity contribution in [2.24, 2.45) is 5.92 Å². The average molecular weight is 402 g/mol. The Balaban J connectivity index is 1.52. The van der Waals surface area contributed by atoms with Gasteiger partial charge in [0.1, 0.15) is 11.9 Å². The van der Waals surface area contributed by atoms with Gasteiger partial charge in [-0.15, -0.1) is 0 Å². The smallest absolute Gasteiger partial charge is 0.227 e. The zero-order chi connectivity index (χ0) is 21.1. The van der Waals surface area contributed by atoms with Gasteiger partial charge in [-0.3, -0.25) is 9.78 Å². The summed E-state index contributed by atoms with van der Waals surface area (Å²) in [5.74, 6) is -0.490. The number of nitriles is 1. The fraction of sp³-hybridized carbons (Fsp3) is 0.292. The minimum atomic E-state index is -0.328. The molecule has 3 aromatic rings. The summed E-state index contributed by atoms with van der Waals surface area (Å²) in [4.78, 5) is 19.3. The number of pyridine rings is 1. The lowest BCUT2D eigenvalue weighted by atomic mass is 9.94. The molecule has 2 heterocycles. The molecule has 1 saturated heterocycles. The first kappa shape index (κ1) is 19.8. The maximum absolute atomic E-state index is 13.1. The predicted molar refractivity (Wildman–Crippen MR) is 116 cm³/mol. The van der Waals surface area contributed by atoms with Crippen molar-refractivity contribution >= 4 is 28.2 Å². The summed E-state index contributed by atoms with van der Waals surface area (Å²) in [7, 11) is 0. The number of aryl methyl sites for hydroxylation is 1. The van der Waals surface area contributed by atoms with Crippen LogP contribution in [0.25, 0.3) is 10.9 Å². The molecule has 0 atom stereocenters. The molecule has 5 nitrogen and oxygen atoms in total. The van der Waals surface area contributed by atoms with Gasteiger partial charge in [0, 0.05) is 36.3 Å². The highest BCUT2D eigenvalue weighted by molar-refractivity contribution is 5.96. The molecule has 0 aliphatic carbocycles. The van der Waals surface area contributed by atoms with Crippen LogP contribution in [-0.4, -0.2) is 24.0 Å². The van der Waals surface area contributed by atoms with Gasteiger partial charge in [0.25, 0.3) is 0 Å². The van der Waals surface area contributed by atoms with Crippen LogP contribution in [0.4, 0.5) is 15.8 Å². The largest absolute Gasteiger partial charge is 0.370 e. The fourth-order valence-corrected chi connectivity index (χ4v) is 4.01. The van der Waals surface area contributed by atoms with Gasteiger partial charge in [-0.25, -0.2) is 4.39 Å². The molecular weight excluding hydrogens is 379 g/mol. The Morgan fingerprint density at radius 1 is 1.23 bits per heavy atom. The van der Waals surface area contributed by atoms with Crippen LogP contribution in [0.2, 0.25) is 0 Å². The van der Waals surface area contributed by atoms with Crippen LogP contribution in [0.1, 0.15) is 30.9 Å². The van der Waals surface area contributed by atoms with Gasteiger partial charge in [-0.05, 0) is 61.2 Å². The molecule has 1 N–H and O–H groups in total. The molecule has 1 amide bonds. The zero-order valence-electron chi connectivity index (χ0n) is 16.9. The number of aromatic nitrogens is 1. The number of nitrogens with one attached hydrogen (secondary N) is 1. The van der Waals surface area contributed by atoms with E-state index in [4.69, 9.17) is 0 Å². The van der Waals surface area contributed by atoms with Gasteiger partial charge < -0.3 is 10.2 Å². The summed E-state index contributed by atoms with van der Waals surface area (Å²) >= 11 is 0. The first-order chi connectivity index (χ1) is 14.6. The van der Waals surface area contributed by atoms with E-state index in [0.717, 1.165) is 23.0 Å². The minimum absolute atomic E-state index is 0.0466. The van der Waals surface area contributed by atoms with Crippen molar-refractivity contribution in [2.75, 3.05) is 23.3 Å². The van der Waals surface area contributed by atoms with Gasteiger partial charge in [-0.1, -0.05) is 13.0 Å². The van der Waals surface area contributed by atoms with Crippen molar-refractivity contribution < 1.29 is 9.18 Å². The number of benzene rings is 2. The molecule has 0 spiro atoms. The highest BCUT2D eigenvalue weighted by Crippen LogP contribution is 2.33. The number of piperidine rings is 1. The number of halogens is 1. The topological polar surface area (TPSA) is 69.0 Å². The number of nitrogens with zero attached hydrogens (tertiary/aromatic N) is 3. The summed E-state index contributed by atoms with van der Waals surface area (Å²) < 4.78 is 13.1. The minimum Gasteiger partial charge on any atom is -0.370 e. The predicted octanol–water partition coefficient (Wildman–Crippen LogP) is 4.66. The van der Waals surface area contributed by atoms with Crippen molar-refractivity contribution in [1.82, 2.24) is 4.98 Å². The molecule has 4 rings (SSSR count). The van der Waals surface area contributed by atoms with E-state index < -0.39 is 0 Å². The lowest BCUT2D eigenvalue weighted by Crippen LogP contribution is -2.38. The van der Waals surface area contributed by atoms with Crippen molar-refractivity contribution in [3.63, 3.8) is 0 Å². The van der Waals surface area contributed by atoms with Crippen molar-refractivity contribution in [2.45, 2.75) is 26.2 Å². The number of hydrogen-bond donors (Lipinski definition) is 1. The fourth-order valence-electron chi connectivity index (χ4n) is 4.01. The van der Waals surface area contributed by atoms with E-state index in [2.05, 4.69) is 40.3 Å². The summed E-state index contributed by atoms with van der Waals surface area (Å²) in [5.41, 5.74) is 4.15. The van der Waals surface area contributed by atoms with Crippen molar-refractivity contribution in [1.29, 1.82) is 5.26 Å². The first-order valence-electron chi connectivity index (χ1n) is 10.2. The van der Waals surface area contributed by atoms with Gasteiger partial charge in [-0.2, -0.15) is 5.26 Å². The molecule has 30 heavy (non-hydrogen) atoms. The lowest BCUT2D eigenvalue weighted by molar-refractivity contribution is -0.120. The van der Waals surface area contributed by atoms with Crippen LogP contribution in [0.15, 0.2) is 48.7 Å². The van der Waals surface area contributed by atoms with Crippen LogP contribution in [0.3, 0.4) is 0 Å². The van der Waals surface area contributed by atoms with E-state index in [1.807, 2.05) is 6.07 Å². The molecule has 6 heteroatoms. The molecule has 0 unspecified atom stereocenters. The highest BCUT2D eigenvalue weighted by Gasteiger charge is 2.27. The number of carbonyl (C=O) groups excluding carboxylic acids is 1. The quantitative estimate of drug-likeness (QED) is 0.689. The monoisotopic (exact) mass is 402 g/mol. The summed E-state index contributed by atoms with van der Waals surface area (Å²) in [6.45, 7) is 3.48. The average Bonchev–Trinajstić information content (AvgIpc) is 2.79. The SMILES string of the molecule is CCc1ccc2ncc(C#N)c(N3CCC(C(=O)Nc4ccc(F)cc4)CC3)c2c1. The van der Waals surface area contributed by atoms with E-state index in [0.29, 0.717) is 37.2 Å². The summed E-state index contributed by atoms with van der Waals surface area (Å²) in [6.07, 6.45) is 3.93. The summed E-state index contributed by atoms with van der Waals surface area (Å²) in [5, 5.41) is 13.5. The Morgan fingerprint density at radius 2 is 1.97 bits per heavy atom. The Kier molecular flexibility index (Phi) is 5.62. The number of fused-ring (bicyclic) bond motifs is 1. The number of amides is 1. The summed E-state index contributed by atoms with van der Waals surface area (Å²) in [6, 6.07) is 14.3. The molecule has 0 radical (unpaired) electrons. The van der Waals surface area contributed by atoms with E-state index in [9.17, 15) is 14.4 Å². The zero-order valence-corrected chi connectivity index (χ0v) is 16.9. The number of hydrogen-bond acceptors (Lipinski definition) is 4. The van der Waals surface area contributed by atoms with Crippen LogP contribution in [-0.2, 0) is 11.2 Å². The van der Waals surface area contributed by atoms with E-state index >= 15 is 0 Å². The van der Waals surface area contributed by atoms with Crippen molar-refractivity contribution in [3.8, 4) is 6.07 Å². The van der Waals surface area contributed by atoms with Gasteiger partial charge in [0.2, 0.25) is 5.91 Å². The molecule has 0 saturated carbocycles. The van der Waals surface area contributed by atoms with Gasteiger partial charge in [0.15, 0.2) is 0 Å². The van der Waals surface area contributed by atoms with Gasteiger partial charge >= 0.3 is 0 Å². The Morgan fingerprint density at radius 3 is 2.63 bits per heavy atom. The Labute approximate surface area is 175 Å². The molecule has 1 fully saturated rings. The molecule has 152 valence electrons. The molecule has 1 aliphatic heterocycles. The molecular formula is C24H23FN4O. The van der Waals surface area contributed by atoms with Crippen LogP contribution < -0.4 is 10.2 Å². The maximum atomic E-state index is 13.1. The third kappa shape index (κ3) is 3.97. The second-order valence-corrected chi connectivity index (χ2v) is 7.59. The Hall–Kier alpha value is -3.46. The van der Waals surface area contributed by atoms with E-state index in [-0.39, 0.29) is 17.6 Å². The normalized spacial score (nSPS) is 14.5. The third-order valence-corrected chi connectivity index (χ3v) is 5.73. The van der Waals surface area contributed by atoms with Crippen LogP contribution in [0, 0.1) is 23.1 Å². The third-order valence-electron chi connectivity index (χ3n) is 5.73. The molecule has 1 aromatic heterocycles.